The van der Waals surface area contributed by atoms with Crippen LogP contribution in [0.3, 0.4) is 0 Å². The van der Waals surface area contributed by atoms with Gasteiger partial charge in [0.1, 0.15) is 11.3 Å². The fourth-order valence-corrected chi connectivity index (χ4v) is 2.53. The Balaban J connectivity index is 2.36. The van der Waals surface area contributed by atoms with E-state index in [1.165, 1.54) is 27.4 Å². The zero-order chi connectivity index (χ0) is 19.8. The van der Waals surface area contributed by atoms with Crippen molar-refractivity contribution in [2.75, 3.05) is 42.0 Å². The lowest BCUT2D eigenvalue weighted by molar-refractivity contribution is 0.0596. The molecule has 0 saturated heterocycles. The smallest absolute Gasteiger partial charge is 0.341 e. The Morgan fingerprint density at radius 2 is 1.74 bits per heavy atom. The second-order valence-electron chi connectivity index (χ2n) is 6.03. The predicted molar refractivity (Wildman–Crippen MR) is 99.9 cm³/mol. The van der Waals surface area contributed by atoms with Crippen LogP contribution >= 0.6 is 0 Å². The predicted octanol–water partition coefficient (Wildman–Crippen LogP) is 2.57. The number of rotatable bonds is 9. The zero-order valence-electron chi connectivity index (χ0n) is 16.3. The van der Waals surface area contributed by atoms with Gasteiger partial charge >= 0.3 is 12.0 Å². The van der Waals surface area contributed by atoms with Gasteiger partial charge in [-0.15, -0.1) is 0 Å². The maximum atomic E-state index is 12.4. The van der Waals surface area contributed by atoms with Gasteiger partial charge in [0.2, 0.25) is 11.8 Å². The SMILES string of the molecule is COC(=O)c1c(CCCN(C)C)cccc1Oc1nc(OC)cc(OC)n1. The summed E-state index contributed by atoms with van der Waals surface area (Å²) in [5.41, 5.74) is 1.21. The molecule has 0 bridgehead atoms. The van der Waals surface area contributed by atoms with Crippen molar-refractivity contribution in [2.45, 2.75) is 12.8 Å². The van der Waals surface area contributed by atoms with E-state index in [0.717, 1.165) is 18.5 Å². The lowest BCUT2D eigenvalue weighted by Gasteiger charge is -2.15. The van der Waals surface area contributed by atoms with Crippen LogP contribution in [0.5, 0.6) is 23.5 Å². The molecular formula is C19H25N3O5. The van der Waals surface area contributed by atoms with Gasteiger partial charge in [0.05, 0.1) is 27.4 Å². The van der Waals surface area contributed by atoms with Crippen LogP contribution in [0.25, 0.3) is 0 Å². The lowest BCUT2D eigenvalue weighted by Crippen LogP contribution is -2.15. The molecule has 0 amide bonds. The summed E-state index contributed by atoms with van der Waals surface area (Å²) in [4.78, 5) is 22.8. The van der Waals surface area contributed by atoms with Crippen LogP contribution in [0.15, 0.2) is 24.3 Å². The van der Waals surface area contributed by atoms with Crippen LogP contribution in [-0.2, 0) is 11.2 Å². The normalized spacial score (nSPS) is 10.6. The third-order valence-corrected chi connectivity index (χ3v) is 3.83. The number of benzene rings is 1. The molecular weight excluding hydrogens is 350 g/mol. The fourth-order valence-electron chi connectivity index (χ4n) is 2.53. The maximum Gasteiger partial charge on any atom is 0.341 e. The van der Waals surface area contributed by atoms with Gasteiger partial charge in [-0.2, -0.15) is 9.97 Å². The third-order valence-electron chi connectivity index (χ3n) is 3.83. The van der Waals surface area contributed by atoms with Crippen molar-refractivity contribution >= 4 is 5.97 Å². The molecule has 27 heavy (non-hydrogen) atoms. The Bertz CT molecular complexity index is 758. The van der Waals surface area contributed by atoms with Gasteiger partial charge in [-0.25, -0.2) is 4.79 Å². The molecule has 0 aliphatic carbocycles. The second kappa shape index (κ2) is 9.72. The van der Waals surface area contributed by atoms with Gasteiger partial charge in [-0.05, 0) is 45.1 Å². The topological polar surface area (TPSA) is 83.0 Å². The van der Waals surface area contributed by atoms with E-state index in [1.807, 2.05) is 26.2 Å². The molecule has 0 saturated carbocycles. The van der Waals surface area contributed by atoms with Gasteiger partial charge in [0.15, 0.2) is 0 Å². The van der Waals surface area contributed by atoms with Crippen molar-refractivity contribution < 1.29 is 23.7 Å². The molecule has 1 heterocycles. The maximum absolute atomic E-state index is 12.4. The quantitative estimate of drug-likeness (QED) is 0.619. The van der Waals surface area contributed by atoms with E-state index in [0.29, 0.717) is 29.5 Å². The largest absolute Gasteiger partial charge is 0.481 e. The molecule has 8 nitrogen and oxygen atoms in total. The highest BCUT2D eigenvalue weighted by atomic mass is 16.5. The number of methoxy groups -OCH3 is 3. The van der Waals surface area contributed by atoms with Gasteiger partial charge in [0.25, 0.3) is 0 Å². The number of carbonyl (C=O) groups excluding carboxylic acids is 1. The Hall–Kier alpha value is -2.87. The minimum Gasteiger partial charge on any atom is -0.481 e. The van der Waals surface area contributed by atoms with Gasteiger partial charge in [-0.3, -0.25) is 0 Å². The Morgan fingerprint density at radius 3 is 2.30 bits per heavy atom. The van der Waals surface area contributed by atoms with Crippen molar-refractivity contribution in [1.29, 1.82) is 0 Å². The Labute approximate surface area is 159 Å². The average molecular weight is 375 g/mol. The molecule has 1 aromatic carbocycles. The van der Waals surface area contributed by atoms with E-state index in [4.69, 9.17) is 18.9 Å². The van der Waals surface area contributed by atoms with Gasteiger partial charge in [0, 0.05) is 0 Å². The summed E-state index contributed by atoms with van der Waals surface area (Å²) in [5.74, 6) is 0.428. The van der Waals surface area contributed by atoms with E-state index >= 15 is 0 Å². The molecule has 0 radical (unpaired) electrons. The van der Waals surface area contributed by atoms with Crippen molar-refractivity contribution in [3.8, 4) is 23.5 Å². The highest BCUT2D eigenvalue weighted by Crippen LogP contribution is 2.29. The van der Waals surface area contributed by atoms with Crippen LogP contribution in [-0.4, -0.2) is 62.8 Å². The van der Waals surface area contributed by atoms with E-state index < -0.39 is 5.97 Å². The molecule has 0 unspecified atom stereocenters. The monoisotopic (exact) mass is 375 g/mol. The molecule has 0 atom stereocenters. The summed E-state index contributed by atoms with van der Waals surface area (Å²) in [6.45, 7) is 0.905. The molecule has 0 fully saturated rings. The molecule has 0 N–H and O–H groups in total. The first-order valence-corrected chi connectivity index (χ1v) is 8.48. The first kappa shape index (κ1) is 20.4. The Kier molecular flexibility index (Phi) is 7.36. The summed E-state index contributed by atoms with van der Waals surface area (Å²) in [7, 11) is 8.32. The molecule has 2 rings (SSSR count). The first-order valence-electron chi connectivity index (χ1n) is 8.48. The third kappa shape index (κ3) is 5.55. The molecule has 146 valence electrons. The van der Waals surface area contributed by atoms with E-state index in [9.17, 15) is 4.79 Å². The number of ether oxygens (including phenoxy) is 4. The summed E-state index contributed by atoms with van der Waals surface area (Å²) in [6.07, 6.45) is 1.60. The van der Waals surface area contributed by atoms with Crippen molar-refractivity contribution in [2.24, 2.45) is 0 Å². The van der Waals surface area contributed by atoms with Crippen LogP contribution in [0.1, 0.15) is 22.3 Å². The Morgan fingerprint density at radius 1 is 1.07 bits per heavy atom. The van der Waals surface area contributed by atoms with Crippen LogP contribution in [0.2, 0.25) is 0 Å². The number of hydrogen-bond acceptors (Lipinski definition) is 8. The number of aromatic nitrogens is 2. The summed E-state index contributed by atoms with van der Waals surface area (Å²) in [6, 6.07) is 6.94. The number of nitrogens with zero attached hydrogens (tertiary/aromatic N) is 3. The fraction of sp³-hybridized carbons (Fsp3) is 0.421. The van der Waals surface area contributed by atoms with Crippen molar-refractivity contribution in [1.82, 2.24) is 14.9 Å². The van der Waals surface area contributed by atoms with E-state index in [2.05, 4.69) is 14.9 Å². The molecule has 0 aliphatic rings. The van der Waals surface area contributed by atoms with E-state index in [-0.39, 0.29) is 6.01 Å². The standard InChI is InChI=1S/C19H25N3O5/c1-22(2)11-7-9-13-8-6-10-14(17(13)18(23)26-5)27-19-20-15(24-3)12-16(21-19)25-4/h6,8,10,12H,7,9,11H2,1-5H3. The minimum atomic E-state index is -0.472. The number of hydrogen-bond donors (Lipinski definition) is 0. The number of esters is 1. The van der Waals surface area contributed by atoms with Crippen LogP contribution in [0.4, 0.5) is 0 Å². The lowest BCUT2D eigenvalue weighted by atomic mass is 10.0. The molecule has 1 aromatic heterocycles. The number of aryl methyl sites for hydroxylation is 1. The van der Waals surface area contributed by atoms with E-state index in [1.54, 1.807) is 6.07 Å². The van der Waals surface area contributed by atoms with Gasteiger partial charge in [-0.1, -0.05) is 12.1 Å². The van der Waals surface area contributed by atoms with Crippen LogP contribution in [0, 0.1) is 0 Å². The highest BCUT2D eigenvalue weighted by molar-refractivity contribution is 5.94. The summed E-state index contributed by atoms with van der Waals surface area (Å²) in [5, 5.41) is 0. The highest BCUT2D eigenvalue weighted by Gasteiger charge is 2.20. The summed E-state index contributed by atoms with van der Waals surface area (Å²) < 4.78 is 21.0. The molecule has 0 spiro atoms. The first-order chi connectivity index (χ1) is 13.0. The second-order valence-corrected chi connectivity index (χ2v) is 6.03. The number of carbonyl (C=O) groups is 1. The average Bonchev–Trinajstić information content (AvgIpc) is 2.67. The molecule has 0 aliphatic heterocycles. The zero-order valence-corrected chi connectivity index (χ0v) is 16.3. The summed E-state index contributed by atoms with van der Waals surface area (Å²) >= 11 is 0. The molecule has 8 heteroatoms. The van der Waals surface area contributed by atoms with Crippen molar-refractivity contribution in [3.63, 3.8) is 0 Å². The van der Waals surface area contributed by atoms with Crippen LogP contribution < -0.4 is 14.2 Å². The van der Waals surface area contributed by atoms with Crippen molar-refractivity contribution in [3.05, 3.63) is 35.4 Å². The minimum absolute atomic E-state index is 0.0156. The van der Waals surface area contributed by atoms with Gasteiger partial charge < -0.3 is 23.8 Å². The molecule has 2 aromatic rings.